The van der Waals surface area contributed by atoms with E-state index in [9.17, 15) is 0 Å². The number of nitrogens with zero attached hydrogens (tertiary/aromatic N) is 1. The first-order chi connectivity index (χ1) is 6.65. The smallest absolute Gasteiger partial charge is 0.0907 e. The van der Waals surface area contributed by atoms with Gasteiger partial charge in [-0.05, 0) is 38.0 Å². The highest BCUT2D eigenvalue weighted by Crippen LogP contribution is 2.22. The highest BCUT2D eigenvalue weighted by Gasteiger charge is 2.03. The third-order valence-electron chi connectivity index (χ3n) is 2.12. The molecule has 0 aliphatic carbocycles. The molecule has 0 bridgehead atoms. The molecule has 1 aromatic carbocycles. The van der Waals surface area contributed by atoms with Gasteiger partial charge in [0.2, 0.25) is 0 Å². The topological polar surface area (TPSA) is 38.9 Å². The zero-order chi connectivity index (χ0) is 10.1. The summed E-state index contributed by atoms with van der Waals surface area (Å²) in [4.78, 5) is 4.42. The molecule has 74 valence electrons. The van der Waals surface area contributed by atoms with Crippen LogP contribution >= 0.6 is 11.3 Å². The molecule has 1 heterocycles. The summed E-state index contributed by atoms with van der Waals surface area (Å²) in [5, 5.41) is 1.12. The maximum absolute atomic E-state index is 5.76. The average Bonchev–Trinajstić information content (AvgIpc) is 2.42. The van der Waals surface area contributed by atoms with Gasteiger partial charge in [0.15, 0.2) is 0 Å². The van der Waals surface area contributed by atoms with Crippen LogP contribution in [0.4, 0.5) is 0 Å². The number of nitrogens with two attached hydrogens (primary N) is 1. The fraction of sp³-hybridized carbons (Fsp3) is 0.364. The summed E-state index contributed by atoms with van der Waals surface area (Å²) in [6.45, 7) is 4.07. The van der Waals surface area contributed by atoms with E-state index in [0.29, 0.717) is 0 Å². The lowest BCUT2D eigenvalue weighted by Gasteiger charge is -2.04. The van der Waals surface area contributed by atoms with Crippen molar-refractivity contribution in [2.45, 2.75) is 26.3 Å². The molecule has 0 amide bonds. The molecule has 14 heavy (non-hydrogen) atoms. The highest BCUT2D eigenvalue weighted by molar-refractivity contribution is 7.18. The molecule has 3 heteroatoms. The lowest BCUT2D eigenvalue weighted by atomic mass is 10.1. The molecule has 0 aliphatic heterocycles. The quantitative estimate of drug-likeness (QED) is 0.820. The highest BCUT2D eigenvalue weighted by atomic mass is 32.1. The third-order valence-corrected chi connectivity index (χ3v) is 3.05. The molecular formula is C11H14N2S. The first-order valence-corrected chi connectivity index (χ1v) is 5.58. The number of aryl methyl sites for hydroxylation is 1. The Morgan fingerprint density at radius 3 is 3.00 bits per heavy atom. The van der Waals surface area contributed by atoms with E-state index in [4.69, 9.17) is 5.73 Å². The van der Waals surface area contributed by atoms with Gasteiger partial charge in [-0.25, -0.2) is 4.98 Å². The van der Waals surface area contributed by atoms with Crippen LogP contribution in [0.2, 0.25) is 0 Å². The third kappa shape index (κ3) is 1.94. The maximum Gasteiger partial charge on any atom is 0.0907 e. The van der Waals surface area contributed by atoms with Gasteiger partial charge in [-0.15, -0.1) is 11.3 Å². The van der Waals surface area contributed by atoms with Crippen molar-refractivity contribution in [1.82, 2.24) is 4.98 Å². The molecule has 1 unspecified atom stereocenters. The summed E-state index contributed by atoms with van der Waals surface area (Å²) >= 11 is 1.74. The standard InChI is InChI=1S/C11H14N2S/c1-7(12)5-9-3-4-10-11(6-9)14-8(2)13-10/h3-4,6-7H,5,12H2,1-2H3. The van der Waals surface area contributed by atoms with Gasteiger partial charge in [0.05, 0.1) is 15.2 Å². The van der Waals surface area contributed by atoms with Crippen LogP contribution in [0.5, 0.6) is 0 Å². The van der Waals surface area contributed by atoms with Crippen LogP contribution in [-0.4, -0.2) is 11.0 Å². The molecular weight excluding hydrogens is 192 g/mol. The van der Waals surface area contributed by atoms with Gasteiger partial charge in [-0.3, -0.25) is 0 Å². The fourth-order valence-electron chi connectivity index (χ4n) is 1.58. The lowest BCUT2D eigenvalue weighted by molar-refractivity contribution is 0.739. The fourth-order valence-corrected chi connectivity index (χ4v) is 2.47. The minimum absolute atomic E-state index is 0.224. The van der Waals surface area contributed by atoms with Crippen molar-refractivity contribution in [2.75, 3.05) is 0 Å². The molecule has 2 rings (SSSR count). The molecule has 0 spiro atoms. The molecule has 1 aromatic heterocycles. The second kappa shape index (κ2) is 3.67. The number of aromatic nitrogens is 1. The Morgan fingerprint density at radius 2 is 2.29 bits per heavy atom. The number of fused-ring (bicyclic) bond motifs is 1. The van der Waals surface area contributed by atoms with E-state index in [0.717, 1.165) is 16.9 Å². The Morgan fingerprint density at radius 1 is 1.50 bits per heavy atom. The van der Waals surface area contributed by atoms with Crippen LogP contribution < -0.4 is 5.73 Å². The predicted molar refractivity (Wildman–Crippen MR) is 61.7 cm³/mol. The van der Waals surface area contributed by atoms with E-state index in [-0.39, 0.29) is 6.04 Å². The summed E-state index contributed by atoms with van der Waals surface area (Å²) in [7, 11) is 0. The Balaban J connectivity index is 2.40. The second-order valence-corrected chi connectivity index (χ2v) is 4.95. The molecule has 2 nitrogen and oxygen atoms in total. The van der Waals surface area contributed by atoms with Crippen molar-refractivity contribution in [3.63, 3.8) is 0 Å². The predicted octanol–water partition coefficient (Wildman–Crippen LogP) is 2.49. The normalized spacial score (nSPS) is 13.4. The van der Waals surface area contributed by atoms with E-state index in [1.807, 2.05) is 13.8 Å². The van der Waals surface area contributed by atoms with E-state index in [2.05, 4.69) is 23.2 Å². The van der Waals surface area contributed by atoms with Gasteiger partial charge in [0, 0.05) is 6.04 Å². The van der Waals surface area contributed by atoms with Gasteiger partial charge in [-0.2, -0.15) is 0 Å². The molecule has 1 atom stereocenters. The molecule has 2 aromatic rings. The number of hydrogen-bond acceptors (Lipinski definition) is 3. The Kier molecular flexibility index (Phi) is 2.52. The maximum atomic E-state index is 5.76. The van der Waals surface area contributed by atoms with Gasteiger partial charge in [0.1, 0.15) is 0 Å². The van der Waals surface area contributed by atoms with Crippen molar-refractivity contribution < 1.29 is 0 Å². The van der Waals surface area contributed by atoms with E-state index in [1.165, 1.54) is 10.3 Å². The van der Waals surface area contributed by atoms with Crippen molar-refractivity contribution in [3.8, 4) is 0 Å². The summed E-state index contributed by atoms with van der Waals surface area (Å²) in [5.74, 6) is 0. The van der Waals surface area contributed by atoms with Crippen LogP contribution in [0.3, 0.4) is 0 Å². The summed E-state index contributed by atoms with van der Waals surface area (Å²) < 4.78 is 1.26. The Hall–Kier alpha value is -0.930. The molecule has 0 fully saturated rings. The van der Waals surface area contributed by atoms with Gasteiger partial charge < -0.3 is 5.73 Å². The number of benzene rings is 1. The SMILES string of the molecule is Cc1nc2ccc(CC(C)N)cc2s1. The largest absolute Gasteiger partial charge is 0.328 e. The van der Waals surface area contributed by atoms with Crippen LogP contribution in [-0.2, 0) is 6.42 Å². The van der Waals surface area contributed by atoms with Gasteiger partial charge in [-0.1, -0.05) is 6.07 Å². The molecule has 0 saturated heterocycles. The molecule has 0 radical (unpaired) electrons. The van der Waals surface area contributed by atoms with Crippen LogP contribution in [0.15, 0.2) is 18.2 Å². The number of thiazole rings is 1. The lowest BCUT2D eigenvalue weighted by Crippen LogP contribution is -2.17. The number of rotatable bonds is 2. The minimum Gasteiger partial charge on any atom is -0.328 e. The summed E-state index contributed by atoms with van der Waals surface area (Å²) in [6.07, 6.45) is 0.937. The molecule has 0 saturated carbocycles. The Bertz CT molecular complexity index is 445. The van der Waals surface area contributed by atoms with Gasteiger partial charge >= 0.3 is 0 Å². The van der Waals surface area contributed by atoms with E-state index >= 15 is 0 Å². The van der Waals surface area contributed by atoms with Gasteiger partial charge in [0.25, 0.3) is 0 Å². The first-order valence-electron chi connectivity index (χ1n) is 4.77. The van der Waals surface area contributed by atoms with Crippen LogP contribution in [0.1, 0.15) is 17.5 Å². The summed E-state index contributed by atoms with van der Waals surface area (Å²) in [6, 6.07) is 6.62. The zero-order valence-electron chi connectivity index (χ0n) is 8.45. The molecule has 2 N–H and O–H groups in total. The van der Waals surface area contributed by atoms with E-state index < -0.39 is 0 Å². The van der Waals surface area contributed by atoms with Crippen molar-refractivity contribution in [3.05, 3.63) is 28.8 Å². The average molecular weight is 206 g/mol. The summed E-state index contributed by atoms with van der Waals surface area (Å²) in [5.41, 5.74) is 8.16. The van der Waals surface area contributed by atoms with Crippen molar-refractivity contribution in [2.24, 2.45) is 5.73 Å². The zero-order valence-corrected chi connectivity index (χ0v) is 9.27. The monoisotopic (exact) mass is 206 g/mol. The van der Waals surface area contributed by atoms with Crippen LogP contribution in [0.25, 0.3) is 10.2 Å². The minimum atomic E-state index is 0.224. The van der Waals surface area contributed by atoms with Crippen LogP contribution in [0, 0.1) is 6.92 Å². The second-order valence-electron chi connectivity index (χ2n) is 3.72. The van der Waals surface area contributed by atoms with E-state index in [1.54, 1.807) is 11.3 Å². The molecule has 0 aliphatic rings. The Labute approximate surface area is 87.8 Å². The van der Waals surface area contributed by atoms with Crippen molar-refractivity contribution >= 4 is 21.6 Å². The first kappa shape index (κ1) is 9.62. The number of hydrogen-bond donors (Lipinski definition) is 1. The van der Waals surface area contributed by atoms with Crippen molar-refractivity contribution in [1.29, 1.82) is 0 Å².